The van der Waals surface area contributed by atoms with Gasteiger partial charge < -0.3 is 14.6 Å². The summed E-state index contributed by atoms with van der Waals surface area (Å²) in [5, 5.41) is 13.6. The minimum atomic E-state index is -0.494. The highest BCUT2D eigenvalue weighted by atomic mass is 16.6. The molecule has 2 heterocycles. The number of hydrogen-bond donors (Lipinski definition) is 1. The fourth-order valence-corrected chi connectivity index (χ4v) is 3.29. The van der Waals surface area contributed by atoms with Gasteiger partial charge >= 0.3 is 6.03 Å². The topological polar surface area (TPSA) is 107 Å². The lowest BCUT2D eigenvalue weighted by atomic mass is 10.2. The fourth-order valence-electron chi connectivity index (χ4n) is 3.29. The van der Waals surface area contributed by atoms with Crippen molar-refractivity contribution >= 4 is 23.7 Å². The predicted octanol–water partition coefficient (Wildman–Crippen LogP) is 3.09. The van der Waals surface area contributed by atoms with Crippen molar-refractivity contribution in [3.63, 3.8) is 0 Å². The first kappa shape index (κ1) is 19.9. The number of amides is 3. The Bertz CT molecular complexity index is 1070. The van der Waals surface area contributed by atoms with Crippen molar-refractivity contribution in [2.75, 3.05) is 13.7 Å². The molecule has 0 radical (unpaired) electrons. The number of aromatic nitrogens is 1. The molecule has 0 aliphatic carbocycles. The van der Waals surface area contributed by atoms with E-state index in [1.807, 2.05) is 24.5 Å². The summed E-state index contributed by atoms with van der Waals surface area (Å²) in [5.41, 5.74) is 3.08. The van der Waals surface area contributed by atoms with E-state index in [2.05, 4.69) is 11.9 Å². The van der Waals surface area contributed by atoms with Crippen molar-refractivity contribution < 1.29 is 19.2 Å². The average Bonchev–Trinajstić information content (AvgIpc) is 3.11. The molecule has 0 saturated carbocycles. The Labute approximate surface area is 167 Å². The van der Waals surface area contributed by atoms with E-state index in [-0.39, 0.29) is 17.9 Å². The van der Waals surface area contributed by atoms with E-state index < -0.39 is 16.9 Å². The first-order valence-electron chi connectivity index (χ1n) is 8.75. The van der Waals surface area contributed by atoms with Crippen LogP contribution in [0.2, 0.25) is 0 Å². The van der Waals surface area contributed by atoms with Gasteiger partial charge in [-0.15, -0.1) is 6.58 Å². The smallest absolute Gasteiger partial charge is 0.329 e. The van der Waals surface area contributed by atoms with Crippen molar-refractivity contribution in [1.82, 2.24) is 14.8 Å². The summed E-state index contributed by atoms with van der Waals surface area (Å²) in [7, 11) is 1.44. The molecule has 9 nitrogen and oxygen atoms in total. The molecule has 0 bridgehead atoms. The molecule has 3 amide bonds. The third-order valence-corrected chi connectivity index (χ3v) is 4.66. The molecule has 0 atom stereocenters. The van der Waals surface area contributed by atoms with Gasteiger partial charge in [0.2, 0.25) is 0 Å². The van der Waals surface area contributed by atoms with E-state index in [1.165, 1.54) is 25.3 Å². The molecule has 1 saturated heterocycles. The van der Waals surface area contributed by atoms with Crippen molar-refractivity contribution in [1.29, 1.82) is 0 Å². The van der Waals surface area contributed by atoms with E-state index >= 15 is 0 Å². The number of rotatable bonds is 6. The van der Waals surface area contributed by atoms with E-state index in [4.69, 9.17) is 4.74 Å². The zero-order chi connectivity index (χ0) is 21.3. The molecule has 1 aromatic heterocycles. The number of hydrogen-bond acceptors (Lipinski definition) is 5. The summed E-state index contributed by atoms with van der Waals surface area (Å²) < 4.78 is 7.22. The summed E-state index contributed by atoms with van der Waals surface area (Å²) >= 11 is 0. The number of aryl methyl sites for hydroxylation is 1. The van der Waals surface area contributed by atoms with Crippen LogP contribution in [0.4, 0.5) is 10.5 Å². The number of carbonyl (C=O) groups excluding carboxylic acids is 2. The number of carbonyl (C=O) groups is 2. The lowest BCUT2D eigenvalue weighted by Crippen LogP contribution is -2.30. The minimum absolute atomic E-state index is 0.0722. The molecule has 9 heteroatoms. The molecule has 2 aromatic rings. The number of nitro benzene ring substituents is 1. The van der Waals surface area contributed by atoms with Gasteiger partial charge in [-0.05, 0) is 37.6 Å². The fraction of sp³-hybridized carbons (Fsp3) is 0.200. The Kier molecular flexibility index (Phi) is 5.22. The minimum Gasteiger partial charge on any atom is -0.494 e. The van der Waals surface area contributed by atoms with Crippen molar-refractivity contribution in [2.45, 2.75) is 13.8 Å². The number of nitro groups is 1. The highest BCUT2D eigenvalue weighted by Gasteiger charge is 2.32. The van der Waals surface area contributed by atoms with Gasteiger partial charge in [-0.3, -0.25) is 19.8 Å². The Hall–Kier alpha value is -3.88. The van der Waals surface area contributed by atoms with Gasteiger partial charge in [0.15, 0.2) is 0 Å². The standard InChI is InChI=1S/C20H20N4O5/c1-5-8-22-19(25)16(21-20(22)26)10-14-9-12(2)23(13(14)3)17-7-6-15(24(27)28)11-18(17)29-4/h5-7,9-11H,1,8H2,2-4H3,(H,21,26)/b16-10+. The van der Waals surface area contributed by atoms with Crippen LogP contribution in [0.25, 0.3) is 11.8 Å². The second-order valence-electron chi connectivity index (χ2n) is 6.47. The molecule has 1 aliphatic rings. The normalized spacial score (nSPS) is 15.0. The molecular formula is C20H20N4O5. The van der Waals surface area contributed by atoms with Gasteiger partial charge in [0.05, 0.1) is 23.8 Å². The lowest BCUT2D eigenvalue weighted by Gasteiger charge is -2.13. The van der Waals surface area contributed by atoms with Crippen LogP contribution in [0.15, 0.2) is 42.6 Å². The van der Waals surface area contributed by atoms with Gasteiger partial charge in [-0.2, -0.15) is 0 Å². The quantitative estimate of drug-likeness (QED) is 0.265. The Balaban J connectivity index is 2.05. The third-order valence-electron chi connectivity index (χ3n) is 4.66. The highest BCUT2D eigenvalue weighted by molar-refractivity contribution is 6.14. The largest absolute Gasteiger partial charge is 0.494 e. The summed E-state index contributed by atoms with van der Waals surface area (Å²) in [6.07, 6.45) is 3.09. The van der Waals surface area contributed by atoms with Crippen LogP contribution < -0.4 is 10.1 Å². The molecule has 1 aliphatic heterocycles. The maximum Gasteiger partial charge on any atom is 0.329 e. The summed E-state index contributed by atoms with van der Waals surface area (Å²) in [6, 6.07) is 5.75. The van der Waals surface area contributed by atoms with Crippen LogP contribution in [0, 0.1) is 24.0 Å². The van der Waals surface area contributed by atoms with Crippen LogP contribution in [-0.2, 0) is 4.79 Å². The number of benzene rings is 1. The number of nitrogens with one attached hydrogen (secondary N) is 1. The molecule has 1 aromatic carbocycles. The molecule has 29 heavy (non-hydrogen) atoms. The van der Waals surface area contributed by atoms with E-state index in [1.54, 1.807) is 12.1 Å². The lowest BCUT2D eigenvalue weighted by molar-refractivity contribution is -0.384. The average molecular weight is 396 g/mol. The Morgan fingerprint density at radius 2 is 2.00 bits per heavy atom. The first-order chi connectivity index (χ1) is 13.8. The maximum absolute atomic E-state index is 12.4. The maximum atomic E-state index is 12.4. The number of methoxy groups -OCH3 is 1. The Morgan fingerprint density at radius 1 is 1.28 bits per heavy atom. The Morgan fingerprint density at radius 3 is 2.62 bits per heavy atom. The molecule has 3 rings (SSSR count). The van der Waals surface area contributed by atoms with Crippen molar-refractivity contribution in [3.8, 4) is 11.4 Å². The van der Waals surface area contributed by atoms with Gasteiger partial charge in [0.1, 0.15) is 11.4 Å². The number of ether oxygens (including phenoxy) is 1. The van der Waals surface area contributed by atoms with Gasteiger partial charge in [-0.1, -0.05) is 6.08 Å². The third kappa shape index (κ3) is 3.49. The summed E-state index contributed by atoms with van der Waals surface area (Å²) in [5.74, 6) is -0.0739. The van der Waals surface area contributed by atoms with Crippen molar-refractivity contribution in [2.24, 2.45) is 0 Å². The van der Waals surface area contributed by atoms with Crippen LogP contribution in [0.1, 0.15) is 17.0 Å². The number of imide groups is 1. The number of urea groups is 1. The van der Waals surface area contributed by atoms with Crippen LogP contribution in [0.3, 0.4) is 0 Å². The molecule has 0 unspecified atom stereocenters. The highest BCUT2D eigenvalue weighted by Crippen LogP contribution is 2.32. The van der Waals surface area contributed by atoms with E-state index in [0.29, 0.717) is 11.4 Å². The molecule has 0 spiro atoms. The zero-order valence-corrected chi connectivity index (χ0v) is 16.3. The van der Waals surface area contributed by atoms with Crippen LogP contribution in [0.5, 0.6) is 5.75 Å². The molecule has 150 valence electrons. The zero-order valence-electron chi connectivity index (χ0n) is 16.3. The van der Waals surface area contributed by atoms with Gasteiger partial charge in [0.25, 0.3) is 11.6 Å². The van der Waals surface area contributed by atoms with Gasteiger partial charge in [-0.25, -0.2) is 4.79 Å². The summed E-state index contributed by atoms with van der Waals surface area (Å²) in [4.78, 5) is 36.0. The monoisotopic (exact) mass is 396 g/mol. The number of nitrogens with zero attached hydrogens (tertiary/aromatic N) is 3. The number of non-ortho nitro benzene ring substituents is 1. The SMILES string of the molecule is C=CCN1C(=O)N/C(=C/c2cc(C)n(-c3ccc([N+](=O)[O-])cc3OC)c2C)C1=O. The second kappa shape index (κ2) is 7.63. The molecule has 1 N–H and O–H groups in total. The van der Waals surface area contributed by atoms with Crippen molar-refractivity contribution in [3.05, 3.63) is 69.7 Å². The summed E-state index contributed by atoms with van der Waals surface area (Å²) in [6.45, 7) is 7.39. The van der Waals surface area contributed by atoms with Crippen LogP contribution in [-0.4, -0.2) is 40.0 Å². The van der Waals surface area contributed by atoms with Crippen LogP contribution >= 0.6 is 0 Å². The molecular weight excluding hydrogens is 376 g/mol. The van der Waals surface area contributed by atoms with E-state index in [9.17, 15) is 19.7 Å². The second-order valence-corrected chi connectivity index (χ2v) is 6.47. The van der Waals surface area contributed by atoms with Gasteiger partial charge in [0, 0.05) is 24.0 Å². The van der Waals surface area contributed by atoms with E-state index in [0.717, 1.165) is 21.9 Å². The molecule has 1 fully saturated rings. The first-order valence-corrected chi connectivity index (χ1v) is 8.75. The predicted molar refractivity (Wildman–Crippen MR) is 107 cm³/mol.